The van der Waals surface area contributed by atoms with Crippen molar-refractivity contribution in [2.75, 3.05) is 11.9 Å². The van der Waals surface area contributed by atoms with Gasteiger partial charge in [0.15, 0.2) is 5.52 Å². The zero-order chi connectivity index (χ0) is 14.9. The van der Waals surface area contributed by atoms with E-state index in [1.165, 1.54) is 11.3 Å². The molecule has 5 nitrogen and oxygen atoms in total. The van der Waals surface area contributed by atoms with E-state index in [4.69, 9.17) is 0 Å². The first-order chi connectivity index (χ1) is 9.33. The number of nitrogens with one attached hydrogen (secondary N) is 1. The molecule has 0 radical (unpaired) electrons. The van der Waals surface area contributed by atoms with Crippen molar-refractivity contribution in [3.8, 4) is 0 Å². The highest BCUT2D eigenvalue weighted by atomic mass is 32.1. The van der Waals surface area contributed by atoms with E-state index in [2.05, 4.69) is 38.0 Å². The van der Waals surface area contributed by atoms with Crippen LogP contribution in [0, 0.1) is 21.4 Å². The van der Waals surface area contributed by atoms with Crippen molar-refractivity contribution in [1.29, 1.82) is 0 Å². The summed E-state index contributed by atoms with van der Waals surface area (Å²) in [7, 11) is 0. The van der Waals surface area contributed by atoms with Gasteiger partial charge in [-0.05, 0) is 23.5 Å². The number of nitro benzene ring substituents is 1. The summed E-state index contributed by atoms with van der Waals surface area (Å²) in [6.45, 7) is 9.29. The first-order valence-corrected chi connectivity index (χ1v) is 7.45. The number of hydrogen-bond donors (Lipinski definition) is 1. The van der Waals surface area contributed by atoms with Crippen molar-refractivity contribution in [1.82, 2.24) is 4.98 Å². The maximum Gasteiger partial charge on any atom is 0.319 e. The Morgan fingerprint density at radius 2 is 2.15 bits per heavy atom. The summed E-state index contributed by atoms with van der Waals surface area (Å²) in [6, 6.07) is 3.65. The van der Waals surface area contributed by atoms with Gasteiger partial charge in [0.1, 0.15) is 5.69 Å². The minimum absolute atomic E-state index is 0.0604. The van der Waals surface area contributed by atoms with Crippen molar-refractivity contribution >= 4 is 32.9 Å². The number of aromatic nitrogens is 1. The van der Waals surface area contributed by atoms with E-state index in [1.807, 2.05) is 6.07 Å². The van der Waals surface area contributed by atoms with Gasteiger partial charge in [-0.25, -0.2) is 4.98 Å². The van der Waals surface area contributed by atoms with Gasteiger partial charge < -0.3 is 5.32 Å². The predicted molar refractivity (Wildman–Crippen MR) is 83.4 cm³/mol. The lowest BCUT2D eigenvalue weighted by molar-refractivity contribution is -0.382. The van der Waals surface area contributed by atoms with E-state index in [0.29, 0.717) is 23.7 Å². The molecule has 0 aliphatic heterocycles. The normalized spacial score (nSPS) is 12.1. The molecule has 0 aliphatic rings. The lowest BCUT2D eigenvalue weighted by Gasteiger charge is -2.29. The molecule has 1 aromatic heterocycles. The van der Waals surface area contributed by atoms with Crippen LogP contribution >= 0.6 is 11.3 Å². The number of thiazole rings is 1. The third kappa shape index (κ3) is 2.75. The monoisotopic (exact) mass is 293 g/mol. The highest BCUT2D eigenvalue weighted by Crippen LogP contribution is 2.35. The number of hydrogen-bond acceptors (Lipinski definition) is 5. The molecule has 2 rings (SSSR count). The summed E-state index contributed by atoms with van der Waals surface area (Å²) >= 11 is 1.41. The largest absolute Gasteiger partial charge is 0.379 e. The van der Waals surface area contributed by atoms with Crippen LogP contribution in [-0.4, -0.2) is 16.5 Å². The molecular formula is C14H19N3O2S. The van der Waals surface area contributed by atoms with Crippen LogP contribution in [0.5, 0.6) is 0 Å². The van der Waals surface area contributed by atoms with Crippen molar-refractivity contribution in [3.05, 3.63) is 27.8 Å². The van der Waals surface area contributed by atoms with Gasteiger partial charge in [0.2, 0.25) is 0 Å². The fraction of sp³-hybridized carbons (Fsp3) is 0.500. The Labute approximate surface area is 122 Å². The van der Waals surface area contributed by atoms with Crippen molar-refractivity contribution < 1.29 is 4.92 Å². The van der Waals surface area contributed by atoms with Crippen molar-refractivity contribution in [2.24, 2.45) is 11.3 Å². The smallest absolute Gasteiger partial charge is 0.319 e. The van der Waals surface area contributed by atoms with Gasteiger partial charge in [0, 0.05) is 6.54 Å². The number of anilines is 1. The molecule has 0 atom stereocenters. The molecular weight excluding hydrogens is 274 g/mol. The quantitative estimate of drug-likeness (QED) is 0.659. The summed E-state index contributed by atoms with van der Waals surface area (Å²) in [6.07, 6.45) is 0. The Morgan fingerprint density at radius 1 is 1.45 bits per heavy atom. The van der Waals surface area contributed by atoms with Gasteiger partial charge in [0.25, 0.3) is 0 Å². The van der Waals surface area contributed by atoms with Gasteiger partial charge in [-0.15, -0.1) is 11.3 Å². The first-order valence-electron chi connectivity index (χ1n) is 6.57. The topological polar surface area (TPSA) is 68.1 Å². The van der Waals surface area contributed by atoms with Crippen LogP contribution in [0.3, 0.4) is 0 Å². The second kappa shape index (κ2) is 5.36. The Hall–Kier alpha value is -1.69. The fourth-order valence-corrected chi connectivity index (χ4v) is 2.45. The van der Waals surface area contributed by atoms with Gasteiger partial charge in [-0.2, -0.15) is 0 Å². The molecule has 1 N–H and O–H groups in total. The number of rotatable bonds is 5. The van der Waals surface area contributed by atoms with Crippen LogP contribution in [-0.2, 0) is 0 Å². The Bertz CT molecular complexity index is 634. The summed E-state index contributed by atoms with van der Waals surface area (Å²) in [4.78, 5) is 15.1. The number of fused-ring (bicyclic) bond motifs is 1. The van der Waals surface area contributed by atoms with E-state index < -0.39 is 0 Å². The van der Waals surface area contributed by atoms with E-state index in [1.54, 1.807) is 11.6 Å². The Balaban J connectivity index is 2.35. The minimum atomic E-state index is -0.354. The maximum atomic E-state index is 11.3. The molecule has 108 valence electrons. The predicted octanol–water partition coefficient (Wildman–Crippen LogP) is 4.30. The second-order valence-corrected chi connectivity index (χ2v) is 6.80. The third-order valence-electron chi connectivity index (χ3n) is 3.96. The number of nitrogens with zero attached hydrogens (tertiary/aromatic N) is 2. The molecule has 1 aromatic carbocycles. The first kappa shape index (κ1) is 14.7. The van der Waals surface area contributed by atoms with Crippen LogP contribution in [0.2, 0.25) is 0 Å². The SMILES string of the molecule is CC(C)C(C)(C)CNc1ccc2scnc2c1[N+](=O)[O-]. The van der Waals surface area contributed by atoms with Crippen molar-refractivity contribution in [3.63, 3.8) is 0 Å². The zero-order valence-electron chi connectivity index (χ0n) is 12.1. The summed E-state index contributed by atoms with van der Waals surface area (Å²) in [5.74, 6) is 0.483. The molecule has 0 unspecified atom stereocenters. The highest BCUT2D eigenvalue weighted by molar-refractivity contribution is 7.16. The number of nitro groups is 1. The van der Waals surface area contributed by atoms with Gasteiger partial charge in [-0.1, -0.05) is 27.7 Å². The average molecular weight is 293 g/mol. The molecule has 0 fully saturated rings. The molecule has 1 heterocycles. The van der Waals surface area contributed by atoms with Crippen LogP contribution in [0.15, 0.2) is 17.6 Å². The molecule has 6 heteroatoms. The number of benzene rings is 1. The molecule has 0 spiro atoms. The molecule has 20 heavy (non-hydrogen) atoms. The molecule has 0 amide bonds. The zero-order valence-corrected chi connectivity index (χ0v) is 13.0. The lowest BCUT2D eigenvalue weighted by Crippen LogP contribution is -2.28. The lowest BCUT2D eigenvalue weighted by atomic mass is 9.81. The third-order valence-corrected chi connectivity index (χ3v) is 4.75. The fourth-order valence-electron chi connectivity index (χ4n) is 1.77. The van der Waals surface area contributed by atoms with E-state index in [0.717, 1.165) is 4.70 Å². The summed E-state index contributed by atoms with van der Waals surface area (Å²) in [5, 5.41) is 14.5. The van der Waals surface area contributed by atoms with Crippen LogP contribution in [0.4, 0.5) is 11.4 Å². The molecule has 0 aliphatic carbocycles. The Morgan fingerprint density at radius 3 is 2.75 bits per heavy atom. The van der Waals surface area contributed by atoms with Gasteiger partial charge >= 0.3 is 5.69 Å². The standard InChI is InChI=1S/C14H19N3O2S/c1-9(2)14(3,4)7-15-10-5-6-11-12(16-8-20-11)13(10)17(18)19/h5-6,8-9,15H,7H2,1-4H3. The molecule has 2 aromatic rings. The maximum absolute atomic E-state index is 11.3. The van der Waals surface area contributed by atoms with E-state index >= 15 is 0 Å². The highest BCUT2D eigenvalue weighted by Gasteiger charge is 2.25. The second-order valence-electron chi connectivity index (χ2n) is 5.91. The Kier molecular flexibility index (Phi) is 3.94. The molecule has 0 saturated carbocycles. The summed E-state index contributed by atoms with van der Waals surface area (Å²) in [5.41, 5.74) is 2.78. The molecule has 0 bridgehead atoms. The van der Waals surface area contributed by atoms with Gasteiger partial charge in [0.05, 0.1) is 15.1 Å². The van der Waals surface area contributed by atoms with Crippen LogP contribution in [0.25, 0.3) is 10.2 Å². The van der Waals surface area contributed by atoms with Crippen LogP contribution in [0.1, 0.15) is 27.7 Å². The minimum Gasteiger partial charge on any atom is -0.379 e. The summed E-state index contributed by atoms with van der Waals surface area (Å²) < 4.78 is 0.838. The van der Waals surface area contributed by atoms with E-state index in [9.17, 15) is 10.1 Å². The van der Waals surface area contributed by atoms with Crippen LogP contribution < -0.4 is 5.32 Å². The molecule has 0 saturated heterocycles. The van der Waals surface area contributed by atoms with Crippen molar-refractivity contribution in [2.45, 2.75) is 27.7 Å². The average Bonchev–Trinajstić information content (AvgIpc) is 2.83. The van der Waals surface area contributed by atoms with Gasteiger partial charge in [-0.3, -0.25) is 10.1 Å². The van der Waals surface area contributed by atoms with E-state index in [-0.39, 0.29) is 16.0 Å².